The van der Waals surface area contributed by atoms with Crippen LogP contribution in [0.3, 0.4) is 0 Å². The van der Waals surface area contributed by atoms with Crippen LogP contribution in [-0.2, 0) is 4.79 Å². The van der Waals surface area contributed by atoms with Crippen molar-refractivity contribution in [2.45, 2.75) is 66.6 Å². The fraction of sp³-hybridized carbons (Fsp3) is 0.933. The van der Waals surface area contributed by atoms with Gasteiger partial charge in [-0.15, -0.1) is 0 Å². The van der Waals surface area contributed by atoms with E-state index in [4.69, 9.17) is 0 Å². The molecule has 2 N–H and O–H groups in total. The molecule has 4 atom stereocenters. The van der Waals surface area contributed by atoms with Gasteiger partial charge in [0, 0.05) is 0 Å². The number of hydrogen-bond acceptors (Lipinski definition) is 3. The lowest BCUT2D eigenvalue weighted by Crippen LogP contribution is -2.40. The zero-order valence-electron chi connectivity index (χ0n) is 12.7. The third kappa shape index (κ3) is 5.96. The molecule has 18 heavy (non-hydrogen) atoms. The minimum absolute atomic E-state index is 0.0987. The molecule has 108 valence electrons. The van der Waals surface area contributed by atoms with Crippen molar-refractivity contribution in [2.24, 2.45) is 23.7 Å². The average Bonchev–Trinajstić information content (AvgIpc) is 2.24. The van der Waals surface area contributed by atoms with Crippen molar-refractivity contribution in [1.82, 2.24) is 0 Å². The number of carbonyl (C=O) groups excluding carboxylic acids is 1. The summed E-state index contributed by atoms with van der Waals surface area (Å²) in [6, 6.07) is 0. The van der Waals surface area contributed by atoms with E-state index in [0.717, 1.165) is 12.8 Å². The lowest BCUT2D eigenvalue weighted by atomic mass is 9.85. The monoisotopic (exact) mass is 258 g/mol. The highest BCUT2D eigenvalue weighted by Gasteiger charge is 2.31. The molecular weight excluding hydrogens is 228 g/mol. The third-order valence-electron chi connectivity index (χ3n) is 3.35. The number of hydrogen-bond donors (Lipinski definition) is 2. The van der Waals surface area contributed by atoms with Crippen molar-refractivity contribution in [1.29, 1.82) is 0 Å². The van der Waals surface area contributed by atoms with Crippen LogP contribution in [0.1, 0.15) is 54.4 Å². The van der Waals surface area contributed by atoms with Gasteiger partial charge in [0.15, 0.2) is 5.78 Å². The van der Waals surface area contributed by atoms with Crippen molar-refractivity contribution in [3.05, 3.63) is 0 Å². The predicted octanol–water partition coefficient (Wildman–Crippen LogP) is 2.64. The van der Waals surface area contributed by atoms with Crippen molar-refractivity contribution < 1.29 is 15.0 Å². The molecule has 4 unspecified atom stereocenters. The Morgan fingerprint density at radius 3 is 1.28 bits per heavy atom. The largest absolute Gasteiger partial charge is 0.385 e. The number of aliphatic hydroxyl groups is 2. The molecule has 0 rings (SSSR count). The summed E-state index contributed by atoms with van der Waals surface area (Å²) < 4.78 is 0. The summed E-state index contributed by atoms with van der Waals surface area (Å²) in [5.41, 5.74) is 0. The maximum absolute atomic E-state index is 12.0. The molecule has 3 heteroatoms. The Balaban J connectivity index is 4.44. The second-order valence-electron chi connectivity index (χ2n) is 6.51. The summed E-state index contributed by atoms with van der Waals surface area (Å²) in [5.74, 6) is 0.258. The fourth-order valence-electron chi connectivity index (χ4n) is 2.48. The van der Waals surface area contributed by atoms with Crippen LogP contribution in [-0.4, -0.2) is 28.2 Å². The van der Waals surface area contributed by atoms with E-state index in [1.165, 1.54) is 0 Å². The summed E-state index contributed by atoms with van der Waals surface area (Å²) in [4.78, 5) is 12.0. The first kappa shape index (κ1) is 17.6. The quantitative estimate of drug-likeness (QED) is 0.703. The van der Waals surface area contributed by atoms with Gasteiger partial charge in [-0.2, -0.15) is 0 Å². The minimum Gasteiger partial charge on any atom is -0.385 e. The van der Waals surface area contributed by atoms with Gasteiger partial charge in [-0.25, -0.2) is 0 Å². The van der Waals surface area contributed by atoms with Crippen molar-refractivity contribution in [3.63, 3.8) is 0 Å². The van der Waals surface area contributed by atoms with Gasteiger partial charge in [0.05, 0.1) is 0 Å². The maximum atomic E-state index is 12.0. The van der Waals surface area contributed by atoms with E-state index in [-0.39, 0.29) is 11.8 Å². The Labute approximate surface area is 112 Å². The molecule has 3 nitrogen and oxygen atoms in total. The van der Waals surface area contributed by atoms with Gasteiger partial charge in [0.1, 0.15) is 12.2 Å². The second-order valence-corrected chi connectivity index (χ2v) is 6.51. The third-order valence-corrected chi connectivity index (χ3v) is 3.35. The molecule has 0 amide bonds. The topological polar surface area (TPSA) is 57.5 Å². The SMILES string of the molecule is CC(C)CC(C)C(O)C(=O)C(O)C(C)CC(C)C. The molecule has 0 aliphatic heterocycles. The van der Waals surface area contributed by atoms with Crippen LogP contribution >= 0.6 is 0 Å². The highest BCUT2D eigenvalue weighted by molar-refractivity contribution is 5.87. The Bertz CT molecular complexity index is 224. The van der Waals surface area contributed by atoms with E-state index < -0.39 is 18.0 Å². The first-order chi connectivity index (χ1) is 8.16. The lowest BCUT2D eigenvalue weighted by Gasteiger charge is -2.25. The molecule has 0 radical (unpaired) electrons. The summed E-state index contributed by atoms with van der Waals surface area (Å²) in [6.07, 6.45) is -0.509. The Morgan fingerprint density at radius 1 is 0.778 bits per heavy atom. The highest BCUT2D eigenvalue weighted by Crippen LogP contribution is 2.21. The van der Waals surface area contributed by atoms with Gasteiger partial charge in [0.2, 0.25) is 0 Å². The molecule has 0 fully saturated rings. The molecule has 0 spiro atoms. The second kappa shape index (κ2) is 7.90. The Morgan fingerprint density at radius 2 is 1.06 bits per heavy atom. The number of rotatable bonds is 8. The average molecular weight is 258 g/mol. The summed E-state index contributed by atoms with van der Waals surface area (Å²) in [7, 11) is 0. The fourth-order valence-corrected chi connectivity index (χ4v) is 2.48. The van der Waals surface area contributed by atoms with Crippen LogP contribution < -0.4 is 0 Å². The van der Waals surface area contributed by atoms with E-state index in [2.05, 4.69) is 27.7 Å². The van der Waals surface area contributed by atoms with Gasteiger partial charge in [0.25, 0.3) is 0 Å². The Kier molecular flexibility index (Phi) is 7.72. The van der Waals surface area contributed by atoms with Crippen molar-refractivity contribution in [2.75, 3.05) is 0 Å². The lowest BCUT2D eigenvalue weighted by molar-refractivity contribution is -0.141. The van der Waals surface area contributed by atoms with Crippen LogP contribution in [0, 0.1) is 23.7 Å². The molecule has 0 aliphatic carbocycles. The zero-order chi connectivity index (χ0) is 14.5. The molecule has 0 aromatic heterocycles. The molecule has 0 aromatic rings. The van der Waals surface area contributed by atoms with E-state index in [1.807, 2.05) is 13.8 Å². The molecule has 0 saturated carbocycles. The Hall–Kier alpha value is -0.410. The van der Waals surface area contributed by atoms with Crippen LogP contribution in [0.4, 0.5) is 0 Å². The maximum Gasteiger partial charge on any atom is 0.190 e. The van der Waals surface area contributed by atoms with E-state index >= 15 is 0 Å². The summed E-state index contributed by atoms with van der Waals surface area (Å²) in [5, 5.41) is 20.0. The summed E-state index contributed by atoms with van der Waals surface area (Å²) in [6.45, 7) is 12.0. The number of carbonyl (C=O) groups is 1. The van der Waals surface area contributed by atoms with Crippen LogP contribution in [0.25, 0.3) is 0 Å². The smallest absolute Gasteiger partial charge is 0.190 e. The molecule has 0 aromatic carbocycles. The first-order valence-corrected chi connectivity index (χ1v) is 7.06. The number of ketones is 1. The molecule has 0 bridgehead atoms. The zero-order valence-corrected chi connectivity index (χ0v) is 12.7. The molecule has 0 saturated heterocycles. The van der Waals surface area contributed by atoms with Crippen LogP contribution in [0.2, 0.25) is 0 Å². The summed E-state index contributed by atoms with van der Waals surface area (Å²) >= 11 is 0. The van der Waals surface area contributed by atoms with E-state index in [9.17, 15) is 15.0 Å². The van der Waals surface area contributed by atoms with Crippen LogP contribution in [0.5, 0.6) is 0 Å². The van der Waals surface area contributed by atoms with Gasteiger partial charge >= 0.3 is 0 Å². The molecule has 0 aliphatic rings. The number of aliphatic hydroxyl groups excluding tert-OH is 2. The van der Waals surface area contributed by atoms with E-state index in [1.54, 1.807) is 0 Å². The highest BCUT2D eigenvalue weighted by atomic mass is 16.3. The number of Topliss-reactive ketones (excluding diaryl/α,β-unsaturated/α-hetero) is 1. The molecular formula is C15H30O3. The van der Waals surface area contributed by atoms with E-state index in [0.29, 0.717) is 11.8 Å². The normalized spacial score (nSPS) is 18.8. The van der Waals surface area contributed by atoms with Crippen LogP contribution in [0.15, 0.2) is 0 Å². The molecule has 0 heterocycles. The standard InChI is InChI=1S/C15H30O3/c1-9(2)7-11(5)13(16)15(18)14(17)12(6)8-10(3)4/h9-14,16-17H,7-8H2,1-6H3. The van der Waals surface area contributed by atoms with Gasteiger partial charge < -0.3 is 10.2 Å². The van der Waals surface area contributed by atoms with Gasteiger partial charge in [-0.3, -0.25) is 4.79 Å². The van der Waals surface area contributed by atoms with Crippen molar-refractivity contribution >= 4 is 5.78 Å². The van der Waals surface area contributed by atoms with Crippen molar-refractivity contribution in [3.8, 4) is 0 Å². The van der Waals surface area contributed by atoms with Gasteiger partial charge in [-0.05, 0) is 36.5 Å². The van der Waals surface area contributed by atoms with Gasteiger partial charge in [-0.1, -0.05) is 41.5 Å². The first-order valence-electron chi connectivity index (χ1n) is 7.06. The predicted molar refractivity (Wildman–Crippen MR) is 74.3 cm³/mol. The minimum atomic E-state index is -1.04.